The van der Waals surface area contributed by atoms with Crippen molar-refractivity contribution >= 4 is 21.6 Å². The first-order valence-corrected chi connectivity index (χ1v) is 10.1. The summed E-state index contributed by atoms with van der Waals surface area (Å²) in [7, 11) is -3.75. The Balaban J connectivity index is 1.81. The van der Waals surface area contributed by atoms with Crippen LogP contribution in [0.1, 0.15) is 11.6 Å². The Labute approximate surface area is 157 Å². The average molecular weight is 399 g/mol. The number of halogens is 2. The molecule has 3 rings (SSSR count). The van der Waals surface area contributed by atoms with Gasteiger partial charge in [0.2, 0.25) is 10.0 Å². The zero-order valence-corrected chi connectivity index (χ0v) is 15.6. The van der Waals surface area contributed by atoms with Gasteiger partial charge in [0.15, 0.2) is 0 Å². The third-order valence-corrected chi connectivity index (χ3v) is 6.26. The Morgan fingerprint density at radius 2 is 1.77 bits per heavy atom. The Bertz CT molecular complexity index is 840. The van der Waals surface area contributed by atoms with Crippen molar-refractivity contribution in [2.24, 2.45) is 0 Å². The van der Waals surface area contributed by atoms with Crippen LogP contribution in [0.4, 0.5) is 4.39 Å². The van der Waals surface area contributed by atoms with Gasteiger partial charge in [-0.3, -0.25) is 4.90 Å². The average Bonchev–Trinajstić information content (AvgIpc) is 2.64. The lowest BCUT2D eigenvalue weighted by molar-refractivity contribution is 0.0172. The van der Waals surface area contributed by atoms with E-state index in [1.54, 1.807) is 24.3 Å². The minimum absolute atomic E-state index is 0.0431. The van der Waals surface area contributed by atoms with E-state index in [4.69, 9.17) is 16.3 Å². The molecule has 0 amide bonds. The van der Waals surface area contributed by atoms with Crippen LogP contribution in [-0.2, 0) is 14.8 Å². The number of morpholine rings is 1. The smallest absolute Gasteiger partial charge is 0.242 e. The van der Waals surface area contributed by atoms with Crippen LogP contribution in [0.2, 0.25) is 5.02 Å². The van der Waals surface area contributed by atoms with Crippen LogP contribution >= 0.6 is 11.6 Å². The van der Waals surface area contributed by atoms with Gasteiger partial charge in [-0.1, -0.05) is 35.9 Å². The molecular weight excluding hydrogens is 379 g/mol. The van der Waals surface area contributed by atoms with Crippen LogP contribution in [0.25, 0.3) is 0 Å². The van der Waals surface area contributed by atoms with E-state index in [0.29, 0.717) is 26.3 Å². The van der Waals surface area contributed by atoms with Crippen molar-refractivity contribution < 1.29 is 17.5 Å². The highest BCUT2D eigenvalue weighted by molar-refractivity contribution is 7.89. The molecule has 8 heteroatoms. The third kappa shape index (κ3) is 4.61. The molecule has 1 heterocycles. The number of ether oxygens (including phenoxy) is 1. The monoisotopic (exact) mass is 398 g/mol. The summed E-state index contributed by atoms with van der Waals surface area (Å²) in [5, 5.41) is 0.171. The van der Waals surface area contributed by atoms with Crippen LogP contribution in [0.15, 0.2) is 53.4 Å². The van der Waals surface area contributed by atoms with Crippen molar-refractivity contribution in [3.8, 4) is 0 Å². The normalized spacial score (nSPS) is 17.2. The van der Waals surface area contributed by atoms with Gasteiger partial charge in [0, 0.05) is 25.7 Å². The summed E-state index contributed by atoms with van der Waals surface area (Å²) in [5.41, 5.74) is 0.843. The number of benzene rings is 2. The maximum atomic E-state index is 13.3. The van der Waals surface area contributed by atoms with Crippen molar-refractivity contribution in [3.63, 3.8) is 0 Å². The largest absolute Gasteiger partial charge is 0.379 e. The highest BCUT2D eigenvalue weighted by atomic mass is 35.5. The number of rotatable bonds is 6. The molecule has 0 spiro atoms. The predicted octanol–water partition coefficient (Wildman–Crippen LogP) is 2.83. The van der Waals surface area contributed by atoms with Crippen molar-refractivity contribution in [1.29, 1.82) is 0 Å². The van der Waals surface area contributed by atoms with Crippen LogP contribution in [0, 0.1) is 5.82 Å². The number of sulfonamides is 1. The van der Waals surface area contributed by atoms with Crippen molar-refractivity contribution in [1.82, 2.24) is 9.62 Å². The van der Waals surface area contributed by atoms with Gasteiger partial charge in [-0.2, -0.15) is 0 Å². The fourth-order valence-electron chi connectivity index (χ4n) is 2.96. The third-order valence-electron chi connectivity index (χ3n) is 4.33. The summed E-state index contributed by atoms with van der Waals surface area (Å²) in [6.45, 7) is 2.66. The summed E-state index contributed by atoms with van der Waals surface area (Å²) in [6.07, 6.45) is 0. The van der Waals surface area contributed by atoms with E-state index >= 15 is 0 Å². The first-order chi connectivity index (χ1) is 12.5. The molecule has 5 nitrogen and oxygen atoms in total. The molecule has 0 radical (unpaired) electrons. The highest BCUT2D eigenvalue weighted by Gasteiger charge is 2.25. The second kappa shape index (κ2) is 8.45. The topological polar surface area (TPSA) is 58.6 Å². The zero-order valence-electron chi connectivity index (χ0n) is 14.1. The van der Waals surface area contributed by atoms with Crippen molar-refractivity contribution in [3.05, 3.63) is 64.9 Å². The maximum Gasteiger partial charge on any atom is 0.242 e. The number of nitrogens with zero attached hydrogens (tertiary/aromatic N) is 1. The molecule has 1 aliphatic rings. The van der Waals surface area contributed by atoms with Gasteiger partial charge < -0.3 is 4.74 Å². The Kier molecular flexibility index (Phi) is 6.26. The summed E-state index contributed by atoms with van der Waals surface area (Å²) >= 11 is 6.02. The number of nitrogens with one attached hydrogen (secondary N) is 1. The Morgan fingerprint density at radius 3 is 2.42 bits per heavy atom. The fourth-order valence-corrected chi connectivity index (χ4v) is 4.52. The van der Waals surface area contributed by atoms with E-state index in [0.717, 1.165) is 5.56 Å². The second-order valence-corrected chi connectivity index (χ2v) is 8.14. The van der Waals surface area contributed by atoms with Gasteiger partial charge in [-0.25, -0.2) is 17.5 Å². The van der Waals surface area contributed by atoms with Crippen LogP contribution in [0.5, 0.6) is 0 Å². The van der Waals surface area contributed by atoms with Gasteiger partial charge in [-0.15, -0.1) is 0 Å². The molecule has 1 fully saturated rings. The molecule has 0 aliphatic carbocycles. The fraction of sp³-hybridized carbons (Fsp3) is 0.333. The molecule has 2 aromatic carbocycles. The molecule has 1 aliphatic heterocycles. The van der Waals surface area contributed by atoms with Crippen LogP contribution in [0.3, 0.4) is 0 Å². The summed E-state index contributed by atoms with van der Waals surface area (Å²) in [4.78, 5) is 2.17. The molecule has 1 saturated heterocycles. The van der Waals surface area contributed by atoms with E-state index in [1.165, 1.54) is 24.3 Å². The molecule has 0 aromatic heterocycles. The summed E-state index contributed by atoms with van der Waals surface area (Å²) in [6, 6.07) is 12.2. The molecule has 0 bridgehead atoms. The molecule has 1 unspecified atom stereocenters. The lowest BCUT2D eigenvalue weighted by Crippen LogP contribution is -2.43. The zero-order chi connectivity index (χ0) is 18.6. The quantitative estimate of drug-likeness (QED) is 0.812. The van der Waals surface area contributed by atoms with Gasteiger partial charge in [0.05, 0.1) is 18.2 Å². The Hall–Kier alpha value is -1.51. The van der Waals surface area contributed by atoms with E-state index < -0.39 is 10.0 Å². The van der Waals surface area contributed by atoms with E-state index in [1.807, 2.05) is 0 Å². The molecule has 0 saturated carbocycles. The standard InChI is InChI=1S/C18H20ClFN2O3S/c19-16-3-1-2-4-18(16)26(23,24)21-13-17(22-9-11-25-12-10-22)14-5-7-15(20)8-6-14/h1-8,17,21H,9-13H2. The Morgan fingerprint density at radius 1 is 1.12 bits per heavy atom. The van der Waals surface area contributed by atoms with E-state index in [-0.39, 0.29) is 28.3 Å². The summed E-state index contributed by atoms with van der Waals surface area (Å²) < 4.78 is 46.5. The van der Waals surface area contributed by atoms with Crippen LogP contribution in [-0.4, -0.2) is 46.2 Å². The first-order valence-electron chi connectivity index (χ1n) is 8.29. The van der Waals surface area contributed by atoms with Crippen molar-refractivity contribution in [2.45, 2.75) is 10.9 Å². The molecule has 1 atom stereocenters. The first kappa shape index (κ1) is 19.3. The maximum absolute atomic E-state index is 13.3. The molecule has 1 N–H and O–H groups in total. The number of hydrogen-bond acceptors (Lipinski definition) is 4. The van der Waals surface area contributed by atoms with Crippen molar-refractivity contribution in [2.75, 3.05) is 32.8 Å². The SMILES string of the molecule is O=S(=O)(NCC(c1ccc(F)cc1)N1CCOCC1)c1ccccc1Cl. The lowest BCUT2D eigenvalue weighted by Gasteiger charge is -2.34. The van der Waals surface area contributed by atoms with E-state index in [9.17, 15) is 12.8 Å². The van der Waals surface area contributed by atoms with Gasteiger partial charge in [-0.05, 0) is 29.8 Å². The second-order valence-electron chi connectivity index (χ2n) is 6.00. The molecule has 2 aromatic rings. The lowest BCUT2D eigenvalue weighted by atomic mass is 10.0. The minimum atomic E-state index is -3.75. The number of hydrogen-bond donors (Lipinski definition) is 1. The van der Waals surface area contributed by atoms with Gasteiger partial charge in [0.25, 0.3) is 0 Å². The predicted molar refractivity (Wildman–Crippen MR) is 98.2 cm³/mol. The highest BCUT2D eigenvalue weighted by Crippen LogP contribution is 2.24. The van der Waals surface area contributed by atoms with E-state index in [2.05, 4.69) is 9.62 Å². The van der Waals surface area contributed by atoms with Crippen LogP contribution < -0.4 is 4.72 Å². The molecular formula is C18H20ClFN2O3S. The minimum Gasteiger partial charge on any atom is -0.379 e. The molecule has 140 valence electrons. The van der Waals surface area contributed by atoms with Gasteiger partial charge in [0.1, 0.15) is 10.7 Å². The van der Waals surface area contributed by atoms with Gasteiger partial charge >= 0.3 is 0 Å². The molecule has 26 heavy (non-hydrogen) atoms. The summed E-state index contributed by atoms with van der Waals surface area (Å²) in [5.74, 6) is -0.328.